The van der Waals surface area contributed by atoms with E-state index in [2.05, 4.69) is 5.32 Å². The van der Waals surface area contributed by atoms with Gasteiger partial charge in [-0.05, 0) is 72.5 Å². The number of hydrogen-bond acceptors (Lipinski definition) is 4. The number of benzene rings is 3. The van der Waals surface area contributed by atoms with Gasteiger partial charge < -0.3 is 15.2 Å². The smallest absolute Gasteiger partial charge is 0.416 e. The van der Waals surface area contributed by atoms with E-state index in [1.54, 1.807) is 18.2 Å². The molecule has 0 fully saturated rings. The van der Waals surface area contributed by atoms with Crippen LogP contribution in [0.2, 0.25) is 0 Å². The number of ether oxygens (including phenoxy) is 1. The standard InChI is InChI=1S/C32H25F5N2O5/c1-16-4-3-5-25-28(16)19-10-17(2)29(34)22(12-19)24(14-27(41)42)38-31(43)30(21-11-18(15-44-25)6-7-23(21)33)39-9-8-20(13-26(39)40)32(35,36)37/h3-13,24,30H,14-15H2,1-2H3,(H,38,43)(H,41,42)/t24-,30+/m0/s1. The molecule has 44 heavy (non-hydrogen) atoms. The average Bonchev–Trinajstić information content (AvgIpc) is 2.94. The van der Waals surface area contributed by atoms with Gasteiger partial charge in [-0.1, -0.05) is 18.2 Å². The van der Waals surface area contributed by atoms with Crippen LogP contribution in [0, 0.1) is 25.5 Å². The molecule has 2 N–H and O–H groups in total. The molecule has 228 valence electrons. The number of fused-ring (bicyclic) bond motifs is 6. The Kier molecular flexibility index (Phi) is 8.02. The zero-order valence-corrected chi connectivity index (χ0v) is 23.3. The van der Waals surface area contributed by atoms with Crippen molar-refractivity contribution in [3.8, 4) is 16.9 Å². The van der Waals surface area contributed by atoms with E-state index in [0.717, 1.165) is 11.6 Å². The fourth-order valence-electron chi connectivity index (χ4n) is 5.34. The lowest BCUT2D eigenvalue weighted by Gasteiger charge is -2.26. The Labute approximate surface area is 247 Å². The molecule has 4 aromatic rings. The van der Waals surface area contributed by atoms with Crippen molar-refractivity contribution in [1.29, 1.82) is 0 Å². The molecular weight excluding hydrogens is 587 g/mol. The summed E-state index contributed by atoms with van der Waals surface area (Å²) in [6, 6.07) is 9.23. The maximum atomic E-state index is 15.7. The van der Waals surface area contributed by atoms with Gasteiger partial charge in [-0.3, -0.25) is 19.0 Å². The van der Waals surface area contributed by atoms with E-state index in [1.165, 1.54) is 25.1 Å². The first kappa shape index (κ1) is 30.5. The minimum absolute atomic E-state index is 0.130. The predicted molar refractivity (Wildman–Crippen MR) is 149 cm³/mol. The van der Waals surface area contributed by atoms with Crippen LogP contribution in [0.1, 0.15) is 51.9 Å². The molecule has 1 amide bonds. The number of carboxylic acid groups (broad SMARTS) is 1. The van der Waals surface area contributed by atoms with E-state index in [-0.39, 0.29) is 23.8 Å². The molecule has 5 rings (SSSR count). The van der Waals surface area contributed by atoms with Crippen LogP contribution in [0.4, 0.5) is 22.0 Å². The molecule has 7 nitrogen and oxygen atoms in total. The molecule has 1 aliphatic rings. The fraction of sp³-hybridized carbons (Fsp3) is 0.219. The van der Waals surface area contributed by atoms with Crippen LogP contribution in [-0.2, 0) is 22.4 Å². The van der Waals surface area contributed by atoms with Crippen LogP contribution in [-0.4, -0.2) is 21.6 Å². The van der Waals surface area contributed by atoms with E-state index in [4.69, 9.17) is 4.74 Å². The van der Waals surface area contributed by atoms with Crippen molar-refractivity contribution in [3.05, 3.63) is 122 Å². The van der Waals surface area contributed by atoms with E-state index < -0.39 is 64.9 Å². The largest absolute Gasteiger partial charge is 0.488 e. The van der Waals surface area contributed by atoms with Crippen molar-refractivity contribution in [2.24, 2.45) is 0 Å². The highest BCUT2D eigenvalue weighted by molar-refractivity contribution is 5.85. The average molecular weight is 613 g/mol. The first-order valence-corrected chi connectivity index (χ1v) is 13.4. The van der Waals surface area contributed by atoms with E-state index >= 15 is 8.78 Å². The summed E-state index contributed by atoms with van der Waals surface area (Å²) in [6.07, 6.45) is -4.97. The van der Waals surface area contributed by atoms with Crippen LogP contribution < -0.4 is 15.6 Å². The number of pyridine rings is 1. The maximum absolute atomic E-state index is 15.7. The minimum Gasteiger partial charge on any atom is -0.488 e. The Hall–Kier alpha value is -5.00. The fourth-order valence-corrected chi connectivity index (χ4v) is 5.34. The molecule has 1 aliphatic heterocycles. The van der Waals surface area contributed by atoms with E-state index in [0.29, 0.717) is 39.3 Å². The van der Waals surface area contributed by atoms with Gasteiger partial charge in [-0.15, -0.1) is 0 Å². The molecule has 0 saturated heterocycles. The van der Waals surface area contributed by atoms with Gasteiger partial charge >= 0.3 is 12.1 Å². The van der Waals surface area contributed by atoms with Crippen LogP contribution >= 0.6 is 0 Å². The molecular formula is C32H25F5N2O5. The normalized spacial score (nSPS) is 16.8. The molecule has 0 radical (unpaired) electrons. The molecule has 0 unspecified atom stereocenters. The molecule has 1 aromatic heterocycles. The number of carbonyl (C=O) groups is 2. The number of nitrogens with zero attached hydrogens (tertiary/aromatic N) is 1. The number of carbonyl (C=O) groups excluding carboxylic acids is 1. The number of aliphatic carboxylic acids is 1. The molecule has 0 saturated carbocycles. The first-order valence-electron chi connectivity index (χ1n) is 13.4. The lowest BCUT2D eigenvalue weighted by Crippen LogP contribution is -2.41. The highest BCUT2D eigenvalue weighted by atomic mass is 19.4. The SMILES string of the molecule is Cc1cc2cc(c1F)[C@H](CC(=O)O)NC(=O)[C@H](n1ccc(C(F)(F)F)cc1=O)c1cc(ccc1F)COc1cccc(C)c1-2. The van der Waals surface area contributed by atoms with Gasteiger partial charge in [0.2, 0.25) is 5.91 Å². The number of halogens is 5. The second kappa shape index (κ2) is 11.6. The highest BCUT2D eigenvalue weighted by Crippen LogP contribution is 2.38. The summed E-state index contributed by atoms with van der Waals surface area (Å²) >= 11 is 0. The van der Waals surface area contributed by atoms with Crippen molar-refractivity contribution in [1.82, 2.24) is 9.88 Å². The Bertz CT molecular complexity index is 1850. The summed E-state index contributed by atoms with van der Waals surface area (Å²) in [5.41, 5.74) is -0.833. The third-order valence-corrected chi connectivity index (χ3v) is 7.43. The van der Waals surface area contributed by atoms with Crippen molar-refractivity contribution in [3.63, 3.8) is 0 Å². The van der Waals surface area contributed by atoms with Crippen LogP contribution in [0.3, 0.4) is 0 Å². The van der Waals surface area contributed by atoms with Gasteiger partial charge in [-0.2, -0.15) is 13.2 Å². The Morgan fingerprint density at radius 2 is 1.75 bits per heavy atom. The first-order chi connectivity index (χ1) is 20.7. The van der Waals surface area contributed by atoms with E-state index in [9.17, 15) is 32.7 Å². The zero-order chi connectivity index (χ0) is 31.9. The summed E-state index contributed by atoms with van der Waals surface area (Å²) in [7, 11) is 0. The summed E-state index contributed by atoms with van der Waals surface area (Å²) in [5.74, 6) is -3.94. The topological polar surface area (TPSA) is 97.6 Å². The monoisotopic (exact) mass is 612 g/mol. The third kappa shape index (κ3) is 5.92. The number of nitrogens with one attached hydrogen (secondary N) is 1. The van der Waals surface area contributed by atoms with Crippen molar-refractivity contribution in [2.75, 3.05) is 0 Å². The number of aromatic nitrogens is 1. The van der Waals surface area contributed by atoms with Crippen LogP contribution in [0.25, 0.3) is 11.1 Å². The minimum atomic E-state index is -4.87. The molecule has 2 atom stereocenters. The van der Waals surface area contributed by atoms with Crippen LogP contribution in [0.15, 0.2) is 71.7 Å². The Morgan fingerprint density at radius 1 is 1.00 bits per heavy atom. The van der Waals surface area contributed by atoms with Gasteiger partial charge in [0, 0.05) is 29.0 Å². The quantitative estimate of drug-likeness (QED) is 0.267. The molecule has 0 spiro atoms. The third-order valence-electron chi connectivity index (χ3n) is 7.43. The number of carboxylic acids is 1. The number of amides is 1. The molecule has 2 heterocycles. The Balaban J connectivity index is 1.77. The lowest BCUT2D eigenvalue weighted by atomic mass is 9.91. The van der Waals surface area contributed by atoms with Gasteiger partial charge in [0.15, 0.2) is 0 Å². The number of alkyl halides is 3. The second-order valence-electron chi connectivity index (χ2n) is 10.5. The number of aryl methyl sites for hydroxylation is 2. The van der Waals surface area contributed by atoms with Gasteiger partial charge in [0.25, 0.3) is 5.56 Å². The van der Waals surface area contributed by atoms with Gasteiger partial charge in [-0.25, -0.2) is 8.78 Å². The maximum Gasteiger partial charge on any atom is 0.416 e. The molecule has 0 aliphatic carbocycles. The zero-order valence-electron chi connectivity index (χ0n) is 23.3. The molecule has 3 aromatic carbocycles. The van der Waals surface area contributed by atoms with Crippen molar-refractivity contribution in [2.45, 2.75) is 45.1 Å². The van der Waals surface area contributed by atoms with Crippen molar-refractivity contribution < 1.29 is 41.4 Å². The predicted octanol–water partition coefficient (Wildman–Crippen LogP) is 6.24. The number of rotatable bonds is 3. The van der Waals surface area contributed by atoms with Crippen LogP contribution in [0.5, 0.6) is 5.75 Å². The van der Waals surface area contributed by atoms with Gasteiger partial charge in [0.1, 0.15) is 30.0 Å². The number of hydrogen-bond donors (Lipinski definition) is 2. The van der Waals surface area contributed by atoms with E-state index in [1.807, 2.05) is 13.0 Å². The Morgan fingerprint density at radius 3 is 2.43 bits per heavy atom. The van der Waals surface area contributed by atoms with Crippen molar-refractivity contribution >= 4 is 11.9 Å². The summed E-state index contributed by atoms with van der Waals surface area (Å²) in [6.45, 7) is 3.14. The lowest BCUT2D eigenvalue weighted by molar-refractivity contribution is -0.138. The summed E-state index contributed by atoms with van der Waals surface area (Å²) in [4.78, 5) is 38.8. The summed E-state index contributed by atoms with van der Waals surface area (Å²) < 4.78 is 77.7. The van der Waals surface area contributed by atoms with Gasteiger partial charge in [0.05, 0.1) is 18.0 Å². The highest BCUT2D eigenvalue weighted by Gasteiger charge is 2.34. The molecule has 4 bridgehead atoms. The summed E-state index contributed by atoms with van der Waals surface area (Å²) in [5, 5.41) is 12.1. The second-order valence-corrected chi connectivity index (χ2v) is 10.5. The molecule has 12 heteroatoms.